The molecule has 2 heterocycles. The molecular formula is C39H49F2N4O12P. The molecule has 58 heavy (non-hydrogen) atoms. The van der Waals surface area contributed by atoms with Gasteiger partial charge in [0.15, 0.2) is 0 Å². The van der Waals surface area contributed by atoms with Crippen LogP contribution in [0.1, 0.15) is 77.1 Å². The highest BCUT2D eigenvalue weighted by Gasteiger charge is 2.56. The largest absolute Gasteiger partial charge is 0.448 e. The lowest BCUT2D eigenvalue weighted by Crippen LogP contribution is -2.54. The summed E-state index contributed by atoms with van der Waals surface area (Å²) >= 11 is 0. The number of allylic oxidation sites excluding steroid dienone is 1. The van der Waals surface area contributed by atoms with Crippen molar-refractivity contribution in [1.29, 1.82) is 0 Å². The van der Waals surface area contributed by atoms with Crippen LogP contribution in [-0.2, 0) is 70.3 Å². The van der Waals surface area contributed by atoms with Crippen molar-refractivity contribution < 1.29 is 65.4 Å². The Hall–Kier alpha value is -5.19. The molecule has 2 aliphatic rings. The van der Waals surface area contributed by atoms with Gasteiger partial charge in [0.2, 0.25) is 31.3 Å². The number of alkyl halides is 2. The summed E-state index contributed by atoms with van der Waals surface area (Å²) in [5.74, 6) is -3.30. The van der Waals surface area contributed by atoms with Crippen LogP contribution in [0.4, 0.5) is 19.3 Å². The molecule has 4 rings (SSSR count). The zero-order valence-corrected chi connectivity index (χ0v) is 34.2. The average Bonchev–Trinajstić information content (AvgIpc) is 3.48. The van der Waals surface area contributed by atoms with E-state index in [4.69, 9.17) is 24.3 Å². The van der Waals surface area contributed by atoms with Crippen molar-refractivity contribution in [2.24, 2.45) is 16.6 Å². The number of benzene rings is 2. The Morgan fingerprint density at radius 1 is 0.897 bits per heavy atom. The summed E-state index contributed by atoms with van der Waals surface area (Å²) in [4.78, 5) is 77.2. The van der Waals surface area contributed by atoms with E-state index < -0.39 is 91.1 Å². The summed E-state index contributed by atoms with van der Waals surface area (Å²) in [6, 6.07) is 7.91. The molecule has 19 heteroatoms. The fourth-order valence-corrected chi connectivity index (χ4v) is 7.18. The van der Waals surface area contributed by atoms with E-state index in [1.54, 1.807) is 0 Å². The Balaban J connectivity index is 1.48. The number of halogens is 2. The molecule has 0 saturated heterocycles. The molecule has 0 saturated carbocycles. The van der Waals surface area contributed by atoms with Crippen molar-refractivity contribution in [2.45, 2.75) is 85.5 Å². The van der Waals surface area contributed by atoms with Crippen LogP contribution < -0.4 is 21.3 Å². The first-order chi connectivity index (χ1) is 27.0. The standard InChI is InChI=1S/C39H49F2N4O12P/c1-23(19-30(46)44-28-16-13-25-9-8-10-26-20-29(45(31(25)26)33(28)48)32(47)43-17-18-53-36(42)51)24-11-14-27(15-12-24)39(40,41)58(52,56-21-54-34(49)37(2,3)4)57-22-55-35(50)38(5,6)7/h8-12,14-15,19,28-29H,13,16-18,20-22H2,1-7H3,(H2,42,51)(H,43,47)(H,44,46)/b23-19+/t28-,29?/m0/s1. The second-order valence-electron chi connectivity index (χ2n) is 15.7. The fraction of sp³-hybridized carbons (Fsp3) is 0.487. The van der Waals surface area contributed by atoms with Crippen molar-refractivity contribution in [3.63, 3.8) is 0 Å². The minimum Gasteiger partial charge on any atom is -0.448 e. The Morgan fingerprint density at radius 3 is 2.02 bits per heavy atom. The average molecular weight is 835 g/mol. The molecule has 0 spiro atoms. The van der Waals surface area contributed by atoms with Gasteiger partial charge in [0.1, 0.15) is 18.7 Å². The van der Waals surface area contributed by atoms with Gasteiger partial charge in [-0.25, -0.2) is 4.79 Å². The lowest BCUT2D eigenvalue weighted by Gasteiger charge is -2.27. The topological polar surface area (TPSA) is 219 Å². The second-order valence-corrected chi connectivity index (χ2v) is 17.8. The highest BCUT2D eigenvalue weighted by atomic mass is 31.2. The number of rotatable bonds is 15. The predicted octanol–water partition coefficient (Wildman–Crippen LogP) is 5.06. The number of carbonyl (C=O) groups excluding carboxylic acids is 6. The molecule has 0 aliphatic carbocycles. The zero-order chi connectivity index (χ0) is 43.2. The SMILES string of the molecule is C/C(=C\C(=O)N[C@H]1CCc2cccc3c2N(C1=O)C(C(=O)NCCOC(N)=O)C3)c1ccc(C(F)(F)P(=O)(OCOC(=O)C(C)(C)C)OCOC(=O)C(C)(C)C)cc1. The quantitative estimate of drug-likeness (QED) is 0.0536. The third-order valence-electron chi connectivity index (χ3n) is 9.10. The predicted molar refractivity (Wildman–Crippen MR) is 205 cm³/mol. The number of carbonyl (C=O) groups is 6. The van der Waals surface area contributed by atoms with Crippen molar-refractivity contribution in [3.8, 4) is 0 Å². The normalized spacial score (nSPS) is 17.2. The number of ether oxygens (including phenoxy) is 3. The number of hydrogen-bond donors (Lipinski definition) is 3. The summed E-state index contributed by atoms with van der Waals surface area (Å²) in [6.07, 6.45) is 1.07. The monoisotopic (exact) mass is 834 g/mol. The third-order valence-corrected chi connectivity index (χ3v) is 10.9. The van der Waals surface area contributed by atoms with E-state index in [0.717, 1.165) is 23.3 Å². The van der Waals surface area contributed by atoms with Crippen LogP contribution in [0.25, 0.3) is 5.57 Å². The van der Waals surface area contributed by atoms with Gasteiger partial charge in [-0.1, -0.05) is 42.5 Å². The van der Waals surface area contributed by atoms with E-state index in [9.17, 15) is 33.3 Å². The van der Waals surface area contributed by atoms with Gasteiger partial charge in [-0.15, -0.1) is 0 Å². The van der Waals surface area contributed by atoms with E-state index in [0.29, 0.717) is 23.2 Å². The van der Waals surface area contributed by atoms with E-state index >= 15 is 8.78 Å². The summed E-state index contributed by atoms with van der Waals surface area (Å²) in [6.45, 7) is 8.12. The Kier molecular flexibility index (Phi) is 14.3. The van der Waals surface area contributed by atoms with Crippen LogP contribution in [0, 0.1) is 10.8 Å². The number of esters is 2. The van der Waals surface area contributed by atoms with E-state index in [1.165, 1.54) is 71.6 Å². The maximum Gasteiger partial charge on any atom is 0.410 e. The van der Waals surface area contributed by atoms with Gasteiger partial charge in [-0.2, -0.15) is 8.78 Å². The Labute approximate surface area is 334 Å². The van der Waals surface area contributed by atoms with E-state index in [1.807, 2.05) is 18.2 Å². The molecule has 2 aromatic rings. The van der Waals surface area contributed by atoms with Crippen molar-refractivity contribution >= 4 is 54.6 Å². The minimum atomic E-state index is -5.55. The van der Waals surface area contributed by atoms with Crippen LogP contribution in [0.2, 0.25) is 0 Å². The molecule has 0 fully saturated rings. The number of anilines is 1. The first kappa shape index (κ1) is 45.5. The summed E-state index contributed by atoms with van der Waals surface area (Å²) in [5, 5.41) is 5.36. The lowest BCUT2D eigenvalue weighted by atomic mass is 9.98. The molecule has 16 nitrogen and oxygen atoms in total. The van der Waals surface area contributed by atoms with Gasteiger partial charge in [0.05, 0.1) is 23.1 Å². The maximum absolute atomic E-state index is 16.0. The number of para-hydroxylation sites is 1. The number of hydrogen-bond acceptors (Lipinski definition) is 12. The second kappa shape index (κ2) is 18.2. The number of aryl methyl sites for hydroxylation is 1. The van der Waals surface area contributed by atoms with Gasteiger partial charge in [0, 0.05) is 18.1 Å². The van der Waals surface area contributed by atoms with E-state index in [-0.39, 0.29) is 26.0 Å². The van der Waals surface area contributed by atoms with Crippen LogP contribution in [0.15, 0.2) is 48.5 Å². The van der Waals surface area contributed by atoms with Crippen molar-refractivity contribution in [2.75, 3.05) is 31.6 Å². The summed E-state index contributed by atoms with van der Waals surface area (Å²) < 4.78 is 69.9. The lowest BCUT2D eigenvalue weighted by molar-refractivity contribution is -0.163. The van der Waals surface area contributed by atoms with Crippen molar-refractivity contribution in [1.82, 2.24) is 10.6 Å². The summed E-state index contributed by atoms with van der Waals surface area (Å²) in [7, 11) is -5.55. The highest BCUT2D eigenvalue weighted by molar-refractivity contribution is 7.54. The number of nitrogens with two attached hydrogens (primary N) is 1. The van der Waals surface area contributed by atoms with Crippen LogP contribution in [0.3, 0.4) is 0 Å². The van der Waals surface area contributed by atoms with Gasteiger partial charge in [-0.05, 0) is 83.6 Å². The van der Waals surface area contributed by atoms with Crippen LogP contribution in [0.5, 0.6) is 0 Å². The smallest absolute Gasteiger partial charge is 0.410 e. The highest BCUT2D eigenvalue weighted by Crippen LogP contribution is 2.67. The number of nitrogens with zero attached hydrogens (tertiary/aromatic N) is 1. The van der Waals surface area contributed by atoms with Gasteiger partial charge in [-0.3, -0.25) is 42.5 Å². The van der Waals surface area contributed by atoms with Crippen LogP contribution in [-0.4, -0.2) is 74.6 Å². The zero-order valence-electron chi connectivity index (χ0n) is 33.3. The number of amides is 4. The molecule has 0 radical (unpaired) electrons. The molecule has 2 atom stereocenters. The molecule has 2 aliphatic heterocycles. The number of nitrogens with one attached hydrogen (secondary N) is 2. The first-order valence-electron chi connectivity index (χ1n) is 18.3. The molecule has 0 aromatic heterocycles. The Bertz CT molecular complexity index is 1960. The van der Waals surface area contributed by atoms with Gasteiger partial charge >= 0.3 is 31.3 Å². The molecule has 2 aromatic carbocycles. The minimum absolute atomic E-state index is 0.0309. The van der Waals surface area contributed by atoms with Crippen molar-refractivity contribution in [3.05, 3.63) is 70.8 Å². The summed E-state index contributed by atoms with van der Waals surface area (Å²) in [5.41, 5.74) is 0.599. The third kappa shape index (κ3) is 10.8. The number of primary amides is 1. The molecule has 4 N–H and O–H groups in total. The molecule has 1 unspecified atom stereocenters. The molecule has 0 bridgehead atoms. The maximum atomic E-state index is 16.0. The Morgan fingerprint density at radius 2 is 1.47 bits per heavy atom. The van der Waals surface area contributed by atoms with Gasteiger partial charge in [0.25, 0.3) is 0 Å². The van der Waals surface area contributed by atoms with Gasteiger partial charge < -0.3 is 30.6 Å². The molecular weight excluding hydrogens is 785 g/mol. The molecule has 4 amide bonds. The first-order valence-corrected chi connectivity index (χ1v) is 19.9. The molecule has 316 valence electrons. The fourth-order valence-electron chi connectivity index (χ4n) is 5.93. The van der Waals surface area contributed by atoms with Crippen LogP contribution >= 0.6 is 7.60 Å². The van der Waals surface area contributed by atoms with E-state index in [2.05, 4.69) is 15.4 Å².